The van der Waals surface area contributed by atoms with Crippen LogP contribution in [0.15, 0.2) is 59.8 Å². The standard InChI is InChI=1S/C24H25N3O5/c1-3-15-9-5-7-11-17(15)25-20(28)13-27-18-14-32-23(29)21(18)22(26-24(27)30)16-10-6-8-12-19(16)31-4-2/h5-12,22H,3-4,13-14H2,1-2H3,(H,25,28)(H,26,30). The van der Waals surface area contributed by atoms with Crippen LogP contribution < -0.4 is 15.4 Å². The summed E-state index contributed by atoms with van der Waals surface area (Å²) >= 11 is 0. The predicted octanol–water partition coefficient (Wildman–Crippen LogP) is 3.16. The number of carbonyl (C=O) groups excluding carboxylic acids is 3. The van der Waals surface area contributed by atoms with Gasteiger partial charge in [0.25, 0.3) is 0 Å². The monoisotopic (exact) mass is 435 g/mol. The summed E-state index contributed by atoms with van der Waals surface area (Å²) in [6, 6.07) is 13.5. The van der Waals surface area contributed by atoms with Gasteiger partial charge in [-0.2, -0.15) is 0 Å². The first kappa shape index (κ1) is 21.4. The number of benzene rings is 2. The van der Waals surface area contributed by atoms with Gasteiger partial charge < -0.3 is 20.1 Å². The number of para-hydroxylation sites is 2. The molecule has 2 aromatic rings. The second-order valence-corrected chi connectivity index (χ2v) is 7.43. The Labute approximate surface area is 186 Å². The number of rotatable bonds is 7. The Hall–Kier alpha value is -3.81. The third kappa shape index (κ3) is 4.03. The quantitative estimate of drug-likeness (QED) is 0.651. The van der Waals surface area contributed by atoms with E-state index in [9.17, 15) is 14.4 Å². The van der Waals surface area contributed by atoms with Crippen molar-refractivity contribution in [1.82, 2.24) is 10.2 Å². The number of urea groups is 1. The molecule has 2 aliphatic rings. The Kier molecular flexibility index (Phi) is 6.11. The van der Waals surface area contributed by atoms with E-state index in [2.05, 4.69) is 10.6 Å². The lowest BCUT2D eigenvalue weighted by atomic mass is 9.95. The van der Waals surface area contributed by atoms with Crippen LogP contribution in [0.5, 0.6) is 5.75 Å². The largest absolute Gasteiger partial charge is 0.494 e. The Balaban J connectivity index is 1.62. The van der Waals surface area contributed by atoms with Crippen molar-refractivity contribution in [3.8, 4) is 5.75 Å². The summed E-state index contributed by atoms with van der Waals surface area (Å²) in [5.74, 6) is -0.298. The van der Waals surface area contributed by atoms with E-state index in [1.807, 2.05) is 50.2 Å². The molecule has 0 saturated carbocycles. The lowest BCUT2D eigenvalue weighted by Gasteiger charge is -2.33. The van der Waals surface area contributed by atoms with Crippen LogP contribution in [0.4, 0.5) is 10.5 Å². The number of amides is 3. The molecule has 0 fully saturated rings. The zero-order valence-corrected chi connectivity index (χ0v) is 18.0. The van der Waals surface area contributed by atoms with E-state index in [4.69, 9.17) is 9.47 Å². The first-order valence-electron chi connectivity index (χ1n) is 10.6. The number of aryl methyl sites for hydroxylation is 1. The van der Waals surface area contributed by atoms with Crippen LogP contribution >= 0.6 is 0 Å². The highest BCUT2D eigenvalue weighted by atomic mass is 16.5. The second kappa shape index (κ2) is 9.13. The van der Waals surface area contributed by atoms with Gasteiger partial charge in [-0.05, 0) is 31.0 Å². The Bertz CT molecular complexity index is 1090. The molecule has 2 aromatic carbocycles. The van der Waals surface area contributed by atoms with E-state index >= 15 is 0 Å². The molecule has 0 bridgehead atoms. The van der Waals surface area contributed by atoms with Crippen molar-refractivity contribution in [3.63, 3.8) is 0 Å². The summed E-state index contributed by atoms with van der Waals surface area (Å²) in [7, 11) is 0. The van der Waals surface area contributed by atoms with Gasteiger partial charge in [0.2, 0.25) is 5.91 Å². The van der Waals surface area contributed by atoms with Crippen LogP contribution in [-0.4, -0.2) is 42.6 Å². The molecule has 8 heteroatoms. The van der Waals surface area contributed by atoms with E-state index in [0.29, 0.717) is 34.9 Å². The number of hydrogen-bond donors (Lipinski definition) is 2. The molecule has 32 heavy (non-hydrogen) atoms. The minimum atomic E-state index is -0.713. The van der Waals surface area contributed by atoms with E-state index in [-0.39, 0.29) is 19.1 Å². The third-order valence-corrected chi connectivity index (χ3v) is 5.50. The summed E-state index contributed by atoms with van der Waals surface area (Å²) in [5.41, 5.74) is 3.08. The molecular weight excluding hydrogens is 410 g/mol. The van der Waals surface area contributed by atoms with Crippen LogP contribution in [0.2, 0.25) is 0 Å². The van der Waals surface area contributed by atoms with Gasteiger partial charge >= 0.3 is 12.0 Å². The minimum Gasteiger partial charge on any atom is -0.494 e. The number of esters is 1. The summed E-state index contributed by atoms with van der Waals surface area (Å²) in [5, 5.41) is 5.70. The number of cyclic esters (lactones) is 1. The van der Waals surface area contributed by atoms with Crippen LogP contribution in [0.25, 0.3) is 0 Å². The van der Waals surface area contributed by atoms with Crippen molar-refractivity contribution in [1.29, 1.82) is 0 Å². The Morgan fingerprint density at radius 1 is 1.16 bits per heavy atom. The van der Waals surface area contributed by atoms with Crippen molar-refractivity contribution in [2.24, 2.45) is 0 Å². The number of anilines is 1. The van der Waals surface area contributed by atoms with Crippen molar-refractivity contribution < 1.29 is 23.9 Å². The van der Waals surface area contributed by atoms with Gasteiger partial charge in [0.05, 0.1) is 23.9 Å². The third-order valence-electron chi connectivity index (χ3n) is 5.50. The number of carbonyl (C=O) groups is 3. The Morgan fingerprint density at radius 2 is 1.91 bits per heavy atom. The topological polar surface area (TPSA) is 97.0 Å². The van der Waals surface area contributed by atoms with E-state index in [1.54, 1.807) is 12.1 Å². The molecule has 0 aromatic heterocycles. The maximum Gasteiger partial charge on any atom is 0.338 e. The molecule has 0 radical (unpaired) electrons. The van der Waals surface area contributed by atoms with Crippen LogP contribution in [-0.2, 0) is 20.7 Å². The van der Waals surface area contributed by atoms with Gasteiger partial charge in [0.15, 0.2) is 0 Å². The fraction of sp³-hybridized carbons (Fsp3) is 0.292. The zero-order chi connectivity index (χ0) is 22.7. The molecule has 0 aliphatic carbocycles. The first-order valence-corrected chi connectivity index (χ1v) is 10.6. The van der Waals surface area contributed by atoms with E-state index < -0.39 is 18.0 Å². The molecule has 0 saturated heterocycles. The molecule has 2 N–H and O–H groups in total. The van der Waals surface area contributed by atoms with Gasteiger partial charge in [-0.1, -0.05) is 43.3 Å². The predicted molar refractivity (Wildman–Crippen MR) is 118 cm³/mol. The second-order valence-electron chi connectivity index (χ2n) is 7.43. The molecule has 4 rings (SSSR count). The first-order chi connectivity index (χ1) is 15.5. The molecule has 3 amide bonds. The summed E-state index contributed by atoms with van der Waals surface area (Å²) in [6.07, 6.45) is 0.763. The van der Waals surface area contributed by atoms with Crippen LogP contribution in [0.1, 0.15) is 31.0 Å². The number of nitrogens with zero attached hydrogens (tertiary/aromatic N) is 1. The fourth-order valence-corrected chi connectivity index (χ4v) is 4.00. The highest BCUT2D eigenvalue weighted by Gasteiger charge is 2.43. The normalized spacial score (nSPS) is 17.6. The average Bonchev–Trinajstić information content (AvgIpc) is 3.18. The average molecular weight is 435 g/mol. The number of hydrogen-bond acceptors (Lipinski definition) is 5. The van der Waals surface area contributed by atoms with Crippen molar-refractivity contribution in [3.05, 3.63) is 70.9 Å². The molecule has 166 valence electrons. The highest BCUT2D eigenvalue weighted by Crippen LogP contribution is 2.38. The van der Waals surface area contributed by atoms with Gasteiger partial charge in [-0.3, -0.25) is 9.69 Å². The minimum absolute atomic E-state index is 0.0618. The number of ether oxygens (including phenoxy) is 2. The van der Waals surface area contributed by atoms with E-state index in [0.717, 1.165) is 12.0 Å². The smallest absolute Gasteiger partial charge is 0.338 e. The maximum absolute atomic E-state index is 13.0. The summed E-state index contributed by atoms with van der Waals surface area (Å²) < 4.78 is 10.9. The lowest BCUT2D eigenvalue weighted by Crippen LogP contribution is -2.49. The van der Waals surface area contributed by atoms with Gasteiger partial charge in [-0.15, -0.1) is 0 Å². The summed E-state index contributed by atoms with van der Waals surface area (Å²) in [4.78, 5) is 39.6. The molecule has 2 heterocycles. The molecule has 2 aliphatic heterocycles. The van der Waals surface area contributed by atoms with Crippen LogP contribution in [0.3, 0.4) is 0 Å². The number of nitrogens with one attached hydrogen (secondary N) is 2. The van der Waals surface area contributed by atoms with Crippen molar-refractivity contribution in [2.75, 3.05) is 25.1 Å². The van der Waals surface area contributed by atoms with Crippen LogP contribution in [0, 0.1) is 0 Å². The molecule has 0 spiro atoms. The fourth-order valence-electron chi connectivity index (χ4n) is 4.00. The molecule has 1 atom stereocenters. The summed E-state index contributed by atoms with van der Waals surface area (Å²) in [6.45, 7) is 4.01. The maximum atomic E-state index is 13.0. The van der Waals surface area contributed by atoms with Gasteiger partial charge in [0, 0.05) is 11.3 Å². The molecule has 8 nitrogen and oxygen atoms in total. The van der Waals surface area contributed by atoms with Gasteiger partial charge in [-0.25, -0.2) is 9.59 Å². The SMILES string of the molecule is CCOc1ccccc1C1NC(=O)N(CC(=O)Nc2ccccc2CC)C2=C1C(=O)OC2. The van der Waals surface area contributed by atoms with Gasteiger partial charge in [0.1, 0.15) is 18.9 Å². The molecular formula is C24H25N3O5. The molecule has 1 unspecified atom stereocenters. The highest BCUT2D eigenvalue weighted by molar-refractivity contribution is 6.00. The van der Waals surface area contributed by atoms with Crippen molar-refractivity contribution >= 4 is 23.6 Å². The van der Waals surface area contributed by atoms with E-state index in [1.165, 1.54) is 4.90 Å². The Morgan fingerprint density at radius 3 is 2.69 bits per heavy atom. The zero-order valence-electron chi connectivity index (χ0n) is 18.0. The lowest BCUT2D eigenvalue weighted by molar-refractivity contribution is -0.136. The van der Waals surface area contributed by atoms with Crippen molar-refractivity contribution in [2.45, 2.75) is 26.3 Å².